The normalized spacial score (nSPS) is 15.5. The minimum absolute atomic E-state index is 0.141. The molecule has 3 rings (SSSR count). The van der Waals surface area contributed by atoms with E-state index in [1.165, 1.54) is 11.2 Å². The number of rotatable bonds is 4. The molecule has 0 radical (unpaired) electrons. The Morgan fingerprint density at radius 3 is 2.69 bits per heavy atom. The van der Waals surface area contributed by atoms with Crippen molar-refractivity contribution < 1.29 is 13.2 Å². The van der Waals surface area contributed by atoms with Gasteiger partial charge in [0.2, 0.25) is 15.4 Å². The second kappa shape index (κ2) is 7.32. The molecule has 0 saturated carbocycles. The third kappa shape index (κ3) is 3.64. The number of anilines is 2. The molecule has 2 aromatic heterocycles. The molecular formula is C14H15N7O3S2. The number of hydrogen-bond donors (Lipinski definition) is 1. The molecule has 1 aliphatic rings. The van der Waals surface area contributed by atoms with Crippen LogP contribution in [-0.2, 0) is 14.8 Å². The molecule has 10 nitrogen and oxygen atoms in total. The average molecular weight is 393 g/mol. The number of amides is 1. The second-order valence-corrected chi connectivity index (χ2v) is 8.52. The van der Waals surface area contributed by atoms with E-state index in [0.717, 1.165) is 11.3 Å². The molecule has 1 amide bonds. The van der Waals surface area contributed by atoms with E-state index in [4.69, 9.17) is 0 Å². The first-order chi connectivity index (χ1) is 12.4. The van der Waals surface area contributed by atoms with Crippen LogP contribution in [0.5, 0.6) is 0 Å². The lowest BCUT2D eigenvalue weighted by Gasteiger charge is -2.34. The first-order valence-corrected chi connectivity index (χ1v) is 9.89. The van der Waals surface area contributed by atoms with Crippen molar-refractivity contribution in [3.63, 3.8) is 0 Å². The summed E-state index contributed by atoms with van der Waals surface area (Å²) in [6.45, 7) is 2.59. The van der Waals surface area contributed by atoms with Crippen LogP contribution in [0.4, 0.5) is 10.9 Å². The fourth-order valence-corrected chi connectivity index (χ4v) is 5.01. The Labute approximate surface area is 154 Å². The lowest BCUT2D eigenvalue weighted by molar-refractivity contribution is -0.114. The van der Waals surface area contributed by atoms with Gasteiger partial charge in [-0.05, 0) is 12.1 Å². The van der Waals surface area contributed by atoms with Gasteiger partial charge in [-0.3, -0.25) is 4.79 Å². The summed E-state index contributed by atoms with van der Waals surface area (Å²) >= 11 is 0.812. The average Bonchev–Trinajstić information content (AvgIpc) is 3.10. The van der Waals surface area contributed by atoms with Crippen molar-refractivity contribution in [2.24, 2.45) is 0 Å². The van der Waals surface area contributed by atoms with Gasteiger partial charge in [-0.25, -0.2) is 13.4 Å². The van der Waals surface area contributed by atoms with Crippen LogP contribution in [0, 0.1) is 11.3 Å². The molecule has 0 unspecified atom stereocenters. The van der Waals surface area contributed by atoms with Gasteiger partial charge in [0, 0.05) is 39.3 Å². The fourth-order valence-electron chi connectivity index (χ4n) is 2.50. The Kier molecular flexibility index (Phi) is 5.12. The molecule has 12 heteroatoms. The highest BCUT2D eigenvalue weighted by atomic mass is 32.2. The van der Waals surface area contributed by atoms with Gasteiger partial charge in [-0.1, -0.05) is 11.3 Å². The SMILES string of the molecule is CC(=O)Nc1nnc(S(=O)(=O)N2CCN(c3ncccc3C#N)CC2)s1. The van der Waals surface area contributed by atoms with Gasteiger partial charge >= 0.3 is 0 Å². The van der Waals surface area contributed by atoms with Crippen molar-refractivity contribution in [2.75, 3.05) is 36.4 Å². The summed E-state index contributed by atoms with van der Waals surface area (Å²) in [7, 11) is -3.78. The van der Waals surface area contributed by atoms with Crippen molar-refractivity contribution in [3.05, 3.63) is 23.9 Å². The number of nitrogens with zero attached hydrogens (tertiary/aromatic N) is 6. The molecule has 2 aromatic rings. The van der Waals surface area contributed by atoms with Crippen LogP contribution in [0.1, 0.15) is 12.5 Å². The summed E-state index contributed by atoms with van der Waals surface area (Å²) < 4.78 is 26.5. The number of piperazine rings is 1. The third-order valence-electron chi connectivity index (χ3n) is 3.70. The van der Waals surface area contributed by atoms with Crippen LogP contribution >= 0.6 is 11.3 Å². The Balaban J connectivity index is 1.72. The summed E-state index contributed by atoms with van der Waals surface area (Å²) in [6.07, 6.45) is 1.60. The highest BCUT2D eigenvalue weighted by Crippen LogP contribution is 2.25. The van der Waals surface area contributed by atoms with Gasteiger partial charge in [-0.2, -0.15) is 9.57 Å². The van der Waals surface area contributed by atoms with Crippen LogP contribution in [0.15, 0.2) is 22.7 Å². The first kappa shape index (κ1) is 18.2. The van der Waals surface area contributed by atoms with Gasteiger partial charge < -0.3 is 10.2 Å². The van der Waals surface area contributed by atoms with E-state index in [-0.39, 0.29) is 28.5 Å². The third-order valence-corrected chi connectivity index (χ3v) is 6.78. The van der Waals surface area contributed by atoms with Gasteiger partial charge in [0.25, 0.3) is 10.0 Å². The Morgan fingerprint density at radius 1 is 1.31 bits per heavy atom. The Hall–Kier alpha value is -2.62. The molecule has 136 valence electrons. The summed E-state index contributed by atoms with van der Waals surface area (Å²) in [5.74, 6) is 0.207. The van der Waals surface area contributed by atoms with E-state index in [9.17, 15) is 18.5 Å². The monoisotopic (exact) mass is 393 g/mol. The predicted octanol–water partition coefficient (Wildman–Crippen LogP) is 0.274. The van der Waals surface area contributed by atoms with Crippen molar-refractivity contribution >= 4 is 38.2 Å². The maximum absolute atomic E-state index is 12.7. The van der Waals surface area contributed by atoms with E-state index in [1.807, 2.05) is 4.90 Å². The Bertz CT molecular complexity index is 959. The summed E-state index contributed by atoms with van der Waals surface area (Å²) in [5, 5.41) is 19.1. The second-order valence-electron chi connectivity index (χ2n) is 5.43. The van der Waals surface area contributed by atoms with Crippen molar-refractivity contribution in [2.45, 2.75) is 11.3 Å². The zero-order valence-electron chi connectivity index (χ0n) is 13.8. The zero-order chi connectivity index (χ0) is 18.7. The van der Waals surface area contributed by atoms with Crippen molar-refractivity contribution in [1.29, 1.82) is 5.26 Å². The van der Waals surface area contributed by atoms with Crippen LogP contribution < -0.4 is 10.2 Å². The molecule has 0 bridgehead atoms. The number of aromatic nitrogens is 3. The number of nitrogens with one attached hydrogen (secondary N) is 1. The first-order valence-electron chi connectivity index (χ1n) is 7.63. The summed E-state index contributed by atoms with van der Waals surface area (Å²) in [4.78, 5) is 17.1. The lowest BCUT2D eigenvalue weighted by Crippen LogP contribution is -2.49. The number of nitriles is 1. The molecule has 26 heavy (non-hydrogen) atoms. The molecule has 0 aliphatic carbocycles. The minimum Gasteiger partial charge on any atom is -0.353 e. The molecule has 0 aromatic carbocycles. The molecular weight excluding hydrogens is 378 g/mol. The van der Waals surface area contributed by atoms with E-state index in [1.54, 1.807) is 18.3 Å². The highest BCUT2D eigenvalue weighted by Gasteiger charge is 2.32. The van der Waals surface area contributed by atoms with Crippen molar-refractivity contribution in [1.82, 2.24) is 19.5 Å². The van der Waals surface area contributed by atoms with E-state index >= 15 is 0 Å². The van der Waals surface area contributed by atoms with Crippen molar-refractivity contribution in [3.8, 4) is 6.07 Å². The van der Waals surface area contributed by atoms with Crippen LogP contribution in [0.2, 0.25) is 0 Å². The van der Waals surface area contributed by atoms with Crippen LogP contribution in [0.3, 0.4) is 0 Å². The van der Waals surface area contributed by atoms with E-state index in [0.29, 0.717) is 24.5 Å². The molecule has 3 heterocycles. The maximum atomic E-state index is 12.7. The molecule has 0 atom stereocenters. The van der Waals surface area contributed by atoms with E-state index in [2.05, 4.69) is 26.6 Å². The quantitative estimate of drug-likeness (QED) is 0.732. The number of carbonyl (C=O) groups is 1. The molecule has 1 aliphatic heterocycles. The fraction of sp³-hybridized carbons (Fsp3) is 0.357. The smallest absolute Gasteiger partial charge is 0.272 e. The lowest BCUT2D eigenvalue weighted by atomic mass is 10.2. The van der Waals surface area contributed by atoms with Gasteiger partial charge in [0.1, 0.15) is 11.9 Å². The predicted molar refractivity (Wildman–Crippen MR) is 94.1 cm³/mol. The number of carbonyl (C=O) groups excluding carboxylic acids is 1. The topological polar surface area (TPSA) is 132 Å². The molecule has 1 fully saturated rings. The van der Waals surface area contributed by atoms with Crippen LogP contribution in [-0.4, -0.2) is 60.0 Å². The standard InChI is InChI=1S/C14H15N7O3S2/c1-10(22)17-13-18-19-14(25-13)26(23,24)21-7-5-20(6-8-21)12-11(9-15)3-2-4-16-12/h2-4H,5-8H2,1H3,(H,17,18,22). The highest BCUT2D eigenvalue weighted by molar-refractivity contribution is 7.91. The number of hydrogen-bond acceptors (Lipinski definition) is 9. The maximum Gasteiger partial charge on any atom is 0.272 e. The van der Waals surface area contributed by atoms with Gasteiger partial charge in [0.15, 0.2) is 0 Å². The largest absolute Gasteiger partial charge is 0.353 e. The number of pyridine rings is 1. The molecule has 1 N–H and O–H groups in total. The van der Waals surface area contributed by atoms with E-state index < -0.39 is 10.0 Å². The Morgan fingerprint density at radius 2 is 2.04 bits per heavy atom. The summed E-state index contributed by atoms with van der Waals surface area (Å²) in [5.41, 5.74) is 0.452. The minimum atomic E-state index is -3.78. The zero-order valence-corrected chi connectivity index (χ0v) is 15.4. The van der Waals surface area contributed by atoms with Crippen LogP contribution in [0.25, 0.3) is 0 Å². The molecule has 1 saturated heterocycles. The molecule has 0 spiro atoms. The summed E-state index contributed by atoms with van der Waals surface area (Å²) in [6, 6.07) is 5.45. The van der Waals surface area contributed by atoms with Gasteiger partial charge in [-0.15, -0.1) is 10.2 Å². The van der Waals surface area contributed by atoms with Gasteiger partial charge in [0.05, 0.1) is 5.56 Å². The number of sulfonamides is 1.